The molecule has 0 radical (unpaired) electrons. The van der Waals surface area contributed by atoms with E-state index in [0.717, 1.165) is 33.4 Å². The number of carbonyl (C=O) groups excluding carboxylic acids is 2. The van der Waals surface area contributed by atoms with E-state index < -0.39 is 0 Å². The average molecular weight is 503 g/mol. The number of thioether (sulfide) groups is 1. The van der Waals surface area contributed by atoms with Gasteiger partial charge in [-0.15, -0.1) is 0 Å². The molecule has 0 atom stereocenters. The van der Waals surface area contributed by atoms with E-state index >= 15 is 0 Å². The second-order valence-electron chi connectivity index (χ2n) is 8.96. The normalized spacial score (nSPS) is 18.1. The van der Waals surface area contributed by atoms with Gasteiger partial charge in [-0.3, -0.25) is 14.5 Å². The van der Waals surface area contributed by atoms with Gasteiger partial charge in [0, 0.05) is 30.0 Å². The van der Waals surface area contributed by atoms with Crippen LogP contribution in [0.2, 0.25) is 0 Å². The summed E-state index contributed by atoms with van der Waals surface area (Å²) in [6.45, 7) is 3.87. The van der Waals surface area contributed by atoms with Crippen molar-refractivity contribution in [3.05, 3.63) is 76.2 Å². The minimum atomic E-state index is -0.241. The molecule has 0 unspecified atom stereocenters. The topological polar surface area (TPSA) is 79.5 Å². The number of aryl methyl sites for hydroxylation is 1. The second-order valence-corrected chi connectivity index (χ2v) is 10.6. The number of benzene rings is 2. The highest BCUT2D eigenvalue weighted by Gasteiger charge is 2.33. The number of thiocarbonyl (C=S) groups is 1. The zero-order valence-electron chi connectivity index (χ0n) is 19.4. The van der Waals surface area contributed by atoms with Crippen LogP contribution in [0.15, 0.2) is 59.5 Å². The number of nitrogens with two attached hydrogens (primary N) is 1. The fraction of sp³-hybridized carbons (Fsp3) is 0.259. The smallest absolute Gasteiger partial charge is 0.266 e. The van der Waals surface area contributed by atoms with E-state index in [0.29, 0.717) is 41.7 Å². The minimum Gasteiger partial charge on any atom is -0.369 e. The second kappa shape index (κ2) is 9.79. The molecule has 3 heterocycles. The number of hydrogen-bond acceptors (Lipinski definition) is 6. The Morgan fingerprint density at radius 3 is 2.63 bits per heavy atom. The average Bonchev–Trinajstić information content (AvgIpc) is 3.12. The molecule has 2 aliphatic rings. The van der Waals surface area contributed by atoms with Gasteiger partial charge in [-0.2, -0.15) is 0 Å². The zero-order chi connectivity index (χ0) is 24.5. The SMILES string of the molecule is Cc1cccc2cc(/C=C3\SC(=S)N(Cc4ccccc4)C3=O)c(N3CCC(C(N)=O)CC3)nc12. The molecule has 2 amide bonds. The van der Waals surface area contributed by atoms with Gasteiger partial charge in [-0.1, -0.05) is 72.5 Å². The zero-order valence-corrected chi connectivity index (χ0v) is 21.1. The molecule has 2 aromatic carbocycles. The van der Waals surface area contributed by atoms with Crippen molar-refractivity contribution in [1.29, 1.82) is 0 Å². The summed E-state index contributed by atoms with van der Waals surface area (Å²) in [5, 5.41) is 1.02. The molecule has 3 aromatic rings. The summed E-state index contributed by atoms with van der Waals surface area (Å²) in [7, 11) is 0. The van der Waals surface area contributed by atoms with Gasteiger partial charge >= 0.3 is 0 Å². The summed E-state index contributed by atoms with van der Waals surface area (Å²) in [5.74, 6) is 0.384. The Morgan fingerprint density at radius 1 is 1.17 bits per heavy atom. The lowest BCUT2D eigenvalue weighted by Crippen LogP contribution is -2.39. The molecule has 0 spiro atoms. The van der Waals surface area contributed by atoms with E-state index in [4.69, 9.17) is 22.9 Å². The van der Waals surface area contributed by atoms with Crippen LogP contribution < -0.4 is 10.6 Å². The van der Waals surface area contributed by atoms with Crippen LogP contribution in [0, 0.1) is 12.8 Å². The van der Waals surface area contributed by atoms with E-state index in [-0.39, 0.29) is 17.7 Å². The molecular formula is C27H26N4O2S2. The van der Waals surface area contributed by atoms with Crippen molar-refractivity contribution in [2.24, 2.45) is 11.7 Å². The highest BCUT2D eigenvalue weighted by Crippen LogP contribution is 2.37. The van der Waals surface area contributed by atoms with Crippen molar-refractivity contribution in [3.8, 4) is 0 Å². The van der Waals surface area contributed by atoms with E-state index in [9.17, 15) is 9.59 Å². The van der Waals surface area contributed by atoms with Crippen LogP contribution in [0.1, 0.15) is 29.5 Å². The molecule has 0 saturated carbocycles. The van der Waals surface area contributed by atoms with Gasteiger partial charge in [0.25, 0.3) is 5.91 Å². The summed E-state index contributed by atoms with van der Waals surface area (Å²) in [5.41, 5.74) is 9.48. The molecule has 2 saturated heterocycles. The largest absolute Gasteiger partial charge is 0.369 e. The first-order valence-corrected chi connectivity index (χ1v) is 12.9. The number of para-hydroxylation sites is 1. The third kappa shape index (κ3) is 4.81. The van der Waals surface area contributed by atoms with Crippen molar-refractivity contribution >= 4 is 62.9 Å². The molecular weight excluding hydrogens is 476 g/mol. The quantitative estimate of drug-likeness (QED) is 0.404. The number of aromatic nitrogens is 1. The third-order valence-corrected chi connectivity index (χ3v) is 7.97. The summed E-state index contributed by atoms with van der Waals surface area (Å²) < 4.78 is 0.554. The summed E-state index contributed by atoms with van der Waals surface area (Å²) in [6.07, 6.45) is 3.30. The standard InChI is InChI=1S/C27H26N4O2S2/c1-17-6-5-9-20-14-21(25(29-23(17)20)30-12-10-19(11-13-30)24(28)32)15-22-26(33)31(27(34)35-22)16-18-7-3-2-4-8-18/h2-9,14-15,19H,10-13,16H2,1H3,(H2,28,32)/b22-15-. The lowest BCUT2D eigenvalue weighted by Gasteiger charge is -2.32. The predicted molar refractivity (Wildman–Crippen MR) is 146 cm³/mol. The lowest BCUT2D eigenvalue weighted by atomic mass is 9.96. The number of rotatable bonds is 5. The number of fused-ring (bicyclic) bond motifs is 1. The molecule has 178 valence electrons. The highest BCUT2D eigenvalue weighted by molar-refractivity contribution is 8.26. The predicted octanol–water partition coefficient (Wildman–Crippen LogP) is 4.65. The molecule has 0 aliphatic carbocycles. The van der Waals surface area contributed by atoms with Crippen LogP contribution in [0.25, 0.3) is 17.0 Å². The Morgan fingerprint density at radius 2 is 1.91 bits per heavy atom. The third-order valence-electron chi connectivity index (χ3n) is 6.60. The first-order chi connectivity index (χ1) is 16.9. The Hall–Kier alpha value is -3.23. The van der Waals surface area contributed by atoms with Gasteiger partial charge < -0.3 is 10.6 Å². The van der Waals surface area contributed by atoms with Crippen LogP contribution in [0.5, 0.6) is 0 Å². The molecule has 8 heteroatoms. The number of piperidine rings is 1. The van der Waals surface area contributed by atoms with Crippen LogP contribution >= 0.6 is 24.0 Å². The Labute approximate surface area is 214 Å². The Balaban J connectivity index is 1.50. The van der Waals surface area contributed by atoms with E-state index in [1.54, 1.807) is 4.90 Å². The van der Waals surface area contributed by atoms with E-state index in [2.05, 4.69) is 11.0 Å². The number of amides is 2. The molecule has 6 nitrogen and oxygen atoms in total. The first kappa shape index (κ1) is 23.5. The van der Waals surface area contributed by atoms with Gasteiger partial charge in [0.15, 0.2) is 0 Å². The van der Waals surface area contributed by atoms with Crippen LogP contribution in [-0.4, -0.2) is 39.1 Å². The van der Waals surface area contributed by atoms with Gasteiger partial charge in [-0.05, 0) is 43.0 Å². The van der Waals surface area contributed by atoms with E-state index in [1.807, 2.05) is 61.5 Å². The summed E-state index contributed by atoms with van der Waals surface area (Å²) in [4.78, 5) is 34.5. The maximum Gasteiger partial charge on any atom is 0.266 e. The lowest BCUT2D eigenvalue weighted by molar-refractivity contribution is -0.123. The van der Waals surface area contributed by atoms with Crippen LogP contribution in [-0.2, 0) is 16.1 Å². The monoisotopic (exact) mass is 502 g/mol. The molecule has 5 rings (SSSR count). The number of pyridine rings is 1. The van der Waals surface area contributed by atoms with Gasteiger partial charge in [0.1, 0.15) is 10.1 Å². The minimum absolute atomic E-state index is 0.0911. The fourth-order valence-electron chi connectivity index (χ4n) is 4.63. The molecule has 1 aromatic heterocycles. The fourth-order valence-corrected chi connectivity index (χ4v) is 5.88. The maximum absolute atomic E-state index is 13.3. The summed E-state index contributed by atoms with van der Waals surface area (Å²) in [6, 6.07) is 18.0. The first-order valence-electron chi connectivity index (χ1n) is 11.6. The highest BCUT2D eigenvalue weighted by atomic mass is 32.2. The van der Waals surface area contributed by atoms with E-state index in [1.165, 1.54) is 11.8 Å². The maximum atomic E-state index is 13.3. The number of primary amides is 1. The van der Waals surface area contributed by atoms with Crippen LogP contribution in [0.4, 0.5) is 5.82 Å². The van der Waals surface area contributed by atoms with Crippen LogP contribution in [0.3, 0.4) is 0 Å². The van der Waals surface area contributed by atoms with Gasteiger partial charge in [0.2, 0.25) is 5.91 Å². The Kier molecular flexibility index (Phi) is 6.58. The number of anilines is 1. The number of carbonyl (C=O) groups is 2. The van der Waals surface area contributed by atoms with Gasteiger partial charge in [0.05, 0.1) is 17.0 Å². The molecule has 35 heavy (non-hydrogen) atoms. The molecule has 0 bridgehead atoms. The number of nitrogens with zero attached hydrogens (tertiary/aromatic N) is 3. The number of hydrogen-bond donors (Lipinski definition) is 1. The van der Waals surface area contributed by atoms with Crippen molar-refractivity contribution in [1.82, 2.24) is 9.88 Å². The summed E-state index contributed by atoms with van der Waals surface area (Å²) >= 11 is 6.88. The van der Waals surface area contributed by atoms with Crippen molar-refractivity contribution < 1.29 is 9.59 Å². The van der Waals surface area contributed by atoms with Crippen molar-refractivity contribution in [2.75, 3.05) is 18.0 Å². The molecule has 2 aliphatic heterocycles. The van der Waals surface area contributed by atoms with Crippen molar-refractivity contribution in [2.45, 2.75) is 26.3 Å². The molecule has 2 fully saturated rings. The van der Waals surface area contributed by atoms with Gasteiger partial charge in [-0.25, -0.2) is 4.98 Å². The Bertz CT molecular complexity index is 1350. The molecule has 2 N–H and O–H groups in total. The van der Waals surface area contributed by atoms with Crippen molar-refractivity contribution in [3.63, 3.8) is 0 Å².